The standard InChI is InChI=1S/C11H11F3N6S/c12-11(13,14)8(9(15)16)6-21-10-17-18-19-20(10)7-4-2-1-3-5-7/h1-5,8H,6H2,(H3,15,16). The first-order valence-electron chi connectivity index (χ1n) is 5.77. The highest BCUT2D eigenvalue weighted by Gasteiger charge is 2.42. The number of hydrogen-bond donors (Lipinski definition) is 2. The molecule has 0 amide bonds. The minimum atomic E-state index is -4.57. The molecule has 3 N–H and O–H groups in total. The monoisotopic (exact) mass is 316 g/mol. The molecule has 0 fully saturated rings. The normalized spacial score (nSPS) is 13.1. The predicted molar refractivity (Wildman–Crippen MR) is 71.3 cm³/mol. The first-order chi connectivity index (χ1) is 9.89. The van der Waals surface area contributed by atoms with Gasteiger partial charge in [0.15, 0.2) is 0 Å². The van der Waals surface area contributed by atoms with Crippen molar-refractivity contribution in [2.24, 2.45) is 11.7 Å². The lowest BCUT2D eigenvalue weighted by atomic mass is 10.1. The molecule has 0 aliphatic heterocycles. The fourth-order valence-electron chi connectivity index (χ4n) is 1.52. The van der Waals surface area contributed by atoms with E-state index in [0.717, 1.165) is 11.8 Å². The van der Waals surface area contributed by atoms with Gasteiger partial charge in [-0.05, 0) is 22.6 Å². The number of rotatable bonds is 5. The lowest BCUT2D eigenvalue weighted by Crippen LogP contribution is -2.37. The Hall–Kier alpha value is -2.10. The van der Waals surface area contributed by atoms with Gasteiger partial charge in [-0.3, -0.25) is 5.41 Å². The highest BCUT2D eigenvalue weighted by molar-refractivity contribution is 7.99. The first kappa shape index (κ1) is 15.3. The van der Waals surface area contributed by atoms with Crippen LogP contribution in [0.15, 0.2) is 35.5 Å². The van der Waals surface area contributed by atoms with Crippen LogP contribution in [0.4, 0.5) is 13.2 Å². The summed E-state index contributed by atoms with van der Waals surface area (Å²) in [7, 11) is 0. The summed E-state index contributed by atoms with van der Waals surface area (Å²) in [4.78, 5) is 0. The molecular formula is C11H11F3N6S. The molecule has 1 atom stereocenters. The van der Waals surface area contributed by atoms with E-state index < -0.39 is 23.7 Å². The van der Waals surface area contributed by atoms with Crippen LogP contribution in [0, 0.1) is 11.3 Å². The molecule has 10 heteroatoms. The molecular weight excluding hydrogens is 305 g/mol. The van der Waals surface area contributed by atoms with Crippen LogP contribution in [0.2, 0.25) is 0 Å². The van der Waals surface area contributed by atoms with Gasteiger partial charge < -0.3 is 5.73 Å². The number of para-hydroxylation sites is 1. The molecule has 0 saturated carbocycles. The Kier molecular flexibility index (Phi) is 4.46. The molecule has 0 saturated heterocycles. The second-order valence-electron chi connectivity index (χ2n) is 4.07. The molecule has 2 aromatic rings. The van der Waals surface area contributed by atoms with Crippen LogP contribution < -0.4 is 5.73 Å². The van der Waals surface area contributed by atoms with E-state index in [9.17, 15) is 13.2 Å². The van der Waals surface area contributed by atoms with E-state index in [-0.39, 0.29) is 5.16 Å². The molecule has 1 heterocycles. The smallest absolute Gasteiger partial charge is 0.387 e. The minimum Gasteiger partial charge on any atom is -0.387 e. The number of nitrogens with zero attached hydrogens (tertiary/aromatic N) is 4. The third-order valence-corrected chi connectivity index (χ3v) is 3.60. The van der Waals surface area contributed by atoms with E-state index in [2.05, 4.69) is 15.5 Å². The van der Waals surface area contributed by atoms with Crippen LogP contribution >= 0.6 is 11.8 Å². The van der Waals surface area contributed by atoms with Crippen LogP contribution in [-0.4, -0.2) is 38.0 Å². The van der Waals surface area contributed by atoms with E-state index >= 15 is 0 Å². The van der Waals surface area contributed by atoms with E-state index in [1.807, 2.05) is 0 Å². The maximum Gasteiger partial charge on any atom is 0.399 e. The first-order valence-corrected chi connectivity index (χ1v) is 6.75. The fourth-order valence-corrected chi connectivity index (χ4v) is 2.56. The summed E-state index contributed by atoms with van der Waals surface area (Å²) in [5.41, 5.74) is 5.64. The summed E-state index contributed by atoms with van der Waals surface area (Å²) >= 11 is 0.798. The van der Waals surface area contributed by atoms with Gasteiger partial charge in [0.25, 0.3) is 0 Å². The maximum absolute atomic E-state index is 12.7. The number of nitrogens with one attached hydrogen (secondary N) is 1. The number of benzene rings is 1. The van der Waals surface area contributed by atoms with Crippen LogP contribution in [0.25, 0.3) is 5.69 Å². The molecule has 0 bridgehead atoms. The zero-order valence-corrected chi connectivity index (χ0v) is 11.4. The second-order valence-corrected chi connectivity index (χ2v) is 5.06. The predicted octanol–water partition coefficient (Wildman–Crippen LogP) is 1.87. The van der Waals surface area contributed by atoms with Crippen molar-refractivity contribution in [3.63, 3.8) is 0 Å². The van der Waals surface area contributed by atoms with E-state index in [4.69, 9.17) is 11.1 Å². The van der Waals surface area contributed by atoms with Gasteiger partial charge in [-0.2, -0.15) is 17.9 Å². The SMILES string of the molecule is N=C(N)C(CSc1nnnn1-c1ccccc1)C(F)(F)F. The maximum atomic E-state index is 12.7. The van der Waals surface area contributed by atoms with Crippen molar-refractivity contribution in [2.45, 2.75) is 11.3 Å². The lowest BCUT2D eigenvalue weighted by Gasteiger charge is -2.17. The summed E-state index contributed by atoms with van der Waals surface area (Å²) in [5, 5.41) is 18.1. The third kappa shape index (κ3) is 3.72. The van der Waals surface area contributed by atoms with E-state index in [1.54, 1.807) is 30.3 Å². The molecule has 112 valence electrons. The molecule has 6 nitrogen and oxygen atoms in total. The molecule has 1 aromatic carbocycles. The Bertz CT molecular complexity index is 612. The van der Waals surface area contributed by atoms with Crippen molar-refractivity contribution < 1.29 is 13.2 Å². The number of hydrogen-bond acceptors (Lipinski definition) is 5. The zero-order valence-electron chi connectivity index (χ0n) is 10.6. The quantitative estimate of drug-likeness (QED) is 0.499. The number of aromatic nitrogens is 4. The fraction of sp³-hybridized carbons (Fsp3) is 0.273. The summed E-state index contributed by atoms with van der Waals surface area (Å²) in [5.74, 6) is -3.40. The van der Waals surface area contributed by atoms with Crippen molar-refractivity contribution in [1.29, 1.82) is 5.41 Å². The Morgan fingerprint density at radius 2 is 2.00 bits per heavy atom. The van der Waals surface area contributed by atoms with Crippen molar-refractivity contribution in [3.8, 4) is 5.69 Å². The number of tetrazole rings is 1. The molecule has 0 aliphatic carbocycles. The summed E-state index contributed by atoms with van der Waals surface area (Å²) in [6.07, 6.45) is -4.57. The summed E-state index contributed by atoms with van der Waals surface area (Å²) in [6.45, 7) is 0. The number of amidine groups is 1. The van der Waals surface area contributed by atoms with Crippen LogP contribution in [0.1, 0.15) is 0 Å². The number of nitrogens with two attached hydrogens (primary N) is 1. The summed E-state index contributed by atoms with van der Waals surface area (Å²) in [6, 6.07) is 8.79. The number of halogens is 3. The van der Waals surface area contributed by atoms with Crippen molar-refractivity contribution in [2.75, 3.05) is 5.75 Å². The van der Waals surface area contributed by atoms with Crippen molar-refractivity contribution in [3.05, 3.63) is 30.3 Å². The number of alkyl halides is 3. The average Bonchev–Trinajstić information content (AvgIpc) is 2.86. The van der Waals surface area contributed by atoms with E-state index in [0.29, 0.717) is 5.69 Å². The van der Waals surface area contributed by atoms with Crippen molar-refractivity contribution >= 4 is 17.6 Å². The van der Waals surface area contributed by atoms with Gasteiger partial charge in [0.05, 0.1) is 5.69 Å². The van der Waals surface area contributed by atoms with Gasteiger partial charge in [-0.25, -0.2) is 0 Å². The lowest BCUT2D eigenvalue weighted by molar-refractivity contribution is -0.150. The van der Waals surface area contributed by atoms with Crippen molar-refractivity contribution in [1.82, 2.24) is 20.2 Å². The molecule has 1 aromatic heterocycles. The largest absolute Gasteiger partial charge is 0.399 e. The van der Waals surface area contributed by atoms with Gasteiger partial charge >= 0.3 is 6.18 Å². The van der Waals surface area contributed by atoms with Crippen LogP contribution in [0.5, 0.6) is 0 Å². The highest BCUT2D eigenvalue weighted by Crippen LogP contribution is 2.31. The molecule has 0 spiro atoms. The van der Waals surface area contributed by atoms with Gasteiger partial charge in [-0.15, -0.1) is 5.10 Å². The van der Waals surface area contributed by atoms with Crippen LogP contribution in [-0.2, 0) is 0 Å². The van der Waals surface area contributed by atoms with Gasteiger partial charge in [0, 0.05) is 5.75 Å². The zero-order chi connectivity index (χ0) is 15.5. The van der Waals surface area contributed by atoms with Crippen LogP contribution in [0.3, 0.4) is 0 Å². The van der Waals surface area contributed by atoms with Gasteiger partial charge in [0.2, 0.25) is 5.16 Å². The molecule has 2 rings (SSSR count). The molecule has 0 aliphatic rings. The third-order valence-electron chi connectivity index (χ3n) is 2.59. The second kappa shape index (κ2) is 6.12. The van der Waals surface area contributed by atoms with Gasteiger partial charge in [0.1, 0.15) is 11.8 Å². The highest BCUT2D eigenvalue weighted by atomic mass is 32.2. The number of thioether (sulfide) groups is 1. The topological polar surface area (TPSA) is 93.5 Å². The molecule has 21 heavy (non-hydrogen) atoms. The molecule has 1 unspecified atom stereocenters. The Morgan fingerprint density at radius 1 is 1.33 bits per heavy atom. The summed E-state index contributed by atoms with van der Waals surface area (Å²) < 4.78 is 39.5. The van der Waals surface area contributed by atoms with E-state index in [1.165, 1.54) is 4.68 Å². The van der Waals surface area contributed by atoms with Gasteiger partial charge in [-0.1, -0.05) is 30.0 Å². The Labute approximate surface area is 122 Å². The Morgan fingerprint density at radius 3 is 2.57 bits per heavy atom. The average molecular weight is 316 g/mol. The minimum absolute atomic E-state index is 0.205. The Balaban J connectivity index is 2.15. The molecule has 0 radical (unpaired) electrons.